The molecule has 0 spiro atoms. The van der Waals surface area contributed by atoms with Gasteiger partial charge in [0.1, 0.15) is 0 Å². The van der Waals surface area contributed by atoms with Crippen molar-refractivity contribution < 1.29 is 0 Å². The van der Waals surface area contributed by atoms with Gasteiger partial charge in [-0.05, 0) is 49.7 Å². The average Bonchev–Trinajstić information content (AvgIpc) is 3.16. The molecular weight excluding hydrogens is 449 g/mol. The Hall–Kier alpha value is -1.67. The summed E-state index contributed by atoms with van der Waals surface area (Å²) in [7, 11) is 1.83. The van der Waals surface area contributed by atoms with Crippen LogP contribution in [0, 0.1) is 0 Å². The second kappa shape index (κ2) is 11.2. The van der Waals surface area contributed by atoms with Gasteiger partial charge in [0.2, 0.25) is 0 Å². The van der Waals surface area contributed by atoms with Crippen LogP contribution in [-0.4, -0.2) is 48.6 Å². The highest BCUT2D eigenvalue weighted by atomic mass is 127. The summed E-state index contributed by atoms with van der Waals surface area (Å²) in [4.78, 5) is 11.3. The standard InChI is InChI=1S/C21H29N5.HI/c1-3-26-13-7-10-19(26)16-25-21(22-2)24-15-17-8-6-9-18(14-17)20-11-4-5-12-23-20;/h4-6,8-9,11-12,14,19H,3,7,10,13,15-16H2,1-2H3,(H2,22,24,25);1H. The van der Waals surface area contributed by atoms with Crippen LogP contribution in [0.25, 0.3) is 11.3 Å². The Morgan fingerprint density at radius 1 is 1.22 bits per heavy atom. The van der Waals surface area contributed by atoms with Crippen LogP contribution in [0.3, 0.4) is 0 Å². The van der Waals surface area contributed by atoms with Gasteiger partial charge in [0.25, 0.3) is 0 Å². The van der Waals surface area contributed by atoms with E-state index in [1.807, 2.05) is 31.4 Å². The van der Waals surface area contributed by atoms with Crippen molar-refractivity contribution >= 4 is 29.9 Å². The van der Waals surface area contributed by atoms with Crippen molar-refractivity contribution in [3.63, 3.8) is 0 Å². The van der Waals surface area contributed by atoms with E-state index < -0.39 is 0 Å². The van der Waals surface area contributed by atoms with E-state index in [1.165, 1.54) is 24.9 Å². The fourth-order valence-electron chi connectivity index (χ4n) is 3.54. The van der Waals surface area contributed by atoms with Gasteiger partial charge in [0, 0.05) is 37.9 Å². The molecular formula is C21H30IN5. The quantitative estimate of drug-likeness (QED) is 0.378. The number of nitrogens with zero attached hydrogens (tertiary/aromatic N) is 3. The molecule has 27 heavy (non-hydrogen) atoms. The van der Waals surface area contributed by atoms with Gasteiger partial charge in [-0.15, -0.1) is 24.0 Å². The molecule has 1 aliphatic heterocycles. The van der Waals surface area contributed by atoms with Crippen molar-refractivity contribution in [2.24, 2.45) is 4.99 Å². The first kappa shape index (κ1) is 21.6. The summed E-state index contributed by atoms with van der Waals surface area (Å²) in [5.74, 6) is 0.858. The topological polar surface area (TPSA) is 52.5 Å². The molecule has 0 bridgehead atoms. The third-order valence-electron chi connectivity index (χ3n) is 4.98. The SMILES string of the molecule is CCN1CCCC1CNC(=NC)NCc1cccc(-c2ccccn2)c1.I. The lowest BCUT2D eigenvalue weighted by Gasteiger charge is -2.24. The molecule has 1 aromatic carbocycles. The number of likely N-dealkylation sites (N-methyl/N-ethyl adjacent to an activating group) is 1. The minimum absolute atomic E-state index is 0. The Labute approximate surface area is 179 Å². The third-order valence-corrected chi connectivity index (χ3v) is 4.98. The third kappa shape index (κ3) is 6.17. The molecule has 5 nitrogen and oxygen atoms in total. The first-order valence-corrected chi connectivity index (χ1v) is 9.49. The summed E-state index contributed by atoms with van der Waals surface area (Å²) < 4.78 is 0. The van der Waals surface area contributed by atoms with E-state index in [9.17, 15) is 0 Å². The number of hydrogen-bond donors (Lipinski definition) is 2. The number of aromatic nitrogens is 1. The van der Waals surface area contributed by atoms with E-state index in [2.05, 4.69) is 56.7 Å². The fourth-order valence-corrected chi connectivity index (χ4v) is 3.54. The van der Waals surface area contributed by atoms with Gasteiger partial charge in [-0.3, -0.25) is 14.9 Å². The predicted octanol–water partition coefficient (Wildman–Crippen LogP) is 3.52. The van der Waals surface area contributed by atoms with Crippen molar-refractivity contribution in [3.05, 3.63) is 54.2 Å². The molecule has 1 fully saturated rings. The molecule has 0 aliphatic carbocycles. The Morgan fingerprint density at radius 2 is 2.11 bits per heavy atom. The zero-order valence-electron chi connectivity index (χ0n) is 16.2. The molecule has 1 atom stereocenters. The molecule has 0 saturated carbocycles. The fraction of sp³-hybridized carbons (Fsp3) is 0.429. The molecule has 1 aromatic heterocycles. The molecule has 2 heterocycles. The minimum atomic E-state index is 0. The normalized spacial score (nSPS) is 17.4. The van der Waals surface area contributed by atoms with Gasteiger partial charge < -0.3 is 10.6 Å². The Kier molecular flexibility index (Phi) is 9.00. The molecule has 1 aliphatic rings. The van der Waals surface area contributed by atoms with E-state index in [4.69, 9.17) is 0 Å². The van der Waals surface area contributed by atoms with E-state index in [0.717, 1.165) is 36.9 Å². The molecule has 2 aromatic rings. The summed E-state index contributed by atoms with van der Waals surface area (Å²) in [6, 6.07) is 15.1. The lowest BCUT2D eigenvalue weighted by Crippen LogP contribution is -2.44. The average molecular weight is 479 g/mol. The zero-order valence-corrected chi connectivity index (χ0v) is 18.5. The van der Waals surface area contributed by atoms with Gasteiger partial charge >= 0.3 is 0 Å². The number of nitrogens with one attached hydrogen (secondary N) is 2. The van der Waals surface area contributed by atoms with E-state index in [1.54, 1.807) is 0 Å². The largest absolute Gasteiger partial charge is 0.355 e. The number of aliphatic imine (C=N–C) groups is 1. The maximum atomic E-state index is 4.43. The van der Waals surface area contributed by atoms with Crippen molar-refractivity contribution in [3.8, 4) is 11.3 Å². The monoisotopic (exact) mass is 479 g/mol. The van der Waals surface area contributed by atoms with Crippen LogP contribution in [0.5, 0.6) is 0 Å². The van der Waals surface area contributed by atoms with E-state index in [0.29, 0.717) is 6.04 Å². The van der Waals surface area contributed by atoms with E-state index in [-0.39, 0.29) is 24.0 Å². The molecule has 0 amide bonds. The lowest BCUT2D eigenvalue weighted by atomic mass is 10.1. The summed E-state index contributed by atoms with van der Waals surface area (Å²) in [5, 5.41) is 6.90. The summed E-state index contributed by atoms with van der Waals surface area (Å²) in [6.45, 7) is 6.26. The Balaban J connectivity index is 0.00000261. The van der Waals surface area contributed by atoms with Crippen molar-refractivity contribution in [2.75, 3.05) is 26.7 Å². The van der Waals surface area contributed by atoms with Gasteiger partial charge in [0.05, 0.1) is 5.69 Å². The van der Waals surface area contributed by atoms with Crippen LogP contribution in [0.4, 0.5) is 0 Å². The molecule has 3 rings (SSSR count). The van der Waals surface area contributed by atoms with Crippen LogP contribution in [0.15, 0.2) is 53.7 Å². The minimum Gasteiger partial charge on any atom is -0.355 e. The number of hydrogen-bond acceptors (Lipinski definition) is 3. The van der Waals surface area contributed by atoms with Crippen molar-refractivity contribution in [1.29, 1.82) is 0 Å². The van der Waals surface area contributed by atoms with E-state index >= 15 is 0 Å². The van der Waals surface area contributed by atoms with Crippen LogP contribution < -0.4 is 10.6 Å². The first-order chi connectivity index (χ1) is 12.8. The molecule has 146 valence electrons. The second-order valence-electron chi connectivity index (χ2n) is 6.65. The molecule has 2 N–H and O–H groups in total. The van der Waals surface area contributed by atoms with Gasteiger partial charge in [-0.1, -0.05) is 31.2 Å². The zero-order chi connectivity index (χ0) is 18.2. The number of likely N-dealkylation sites (tertiary alicyclic amines) is 1. The second-order valence-corrected chi connectivity index (χ2v) is 6.65. The summed E-state index contributed by atoms with van der Waals surface area (Å²) >= 11 is 0. The van der Waals surface area contributed by atoms with Crippen LogP contribution in [0.2, 0.25) is 0 Å². The number of halogens is 1. The van der Waals surface area contributed by atoms with Crippen LogP contribution in [0.1, 0.15) is 25.3 Å². The maximum Gasteiger partial charge on any atom is 0.191 e. The first-order valence-electron chi connectivity index (χ1n) is 9.49. The number of rotatable bonds is 6. The lowest BCUT2D eigenvalue weighted by molar-refractivity contribution is 0.267. The van der Waals surface area contributed by atoms with Gasteiger partial charge in [-0.25, -0.2) is 0 Å². The van der Waals surface area contributed by atoms with Crippen LogP contribution >= 0.6 is 24.0 Å². The molecule has 1 unspecified atom stereocenters. The number of guanidine groups is 1. The summed E-state index contributed by atoms with van der Waals surface area (Å²) in [6.07, 6.45) is 4.39. The highest BCUT2D eigenvalue weighted by molar-refractivity contribution is 14.0. The highest BCUT2D eigenvalue weighted by Gasteiger charge is 2.22. The van der Waals surface area contributed by atoms with Crippen molar-refractivity contribution in [2.45, 2.75) is 32.4 Å². The molecule has 1 saturated heterocycles. The van der Waals surface area contributed by atoms with Gasteiger partial charge in [-0.2, -0.15) is 0 Å². The molecule has 0 radical (unpaired) electrons. The number of pyridine rings is 1. The van der Waals surface area contributed by atoms with Gasteiger partial charge in [0.15, 0.2) is 5.96 Å². The summed E-state index contributed by atoms with van der Waals surface area (Å²) in [5.41, 5.74) is 3.35. The Bertz CT molecular complexity index is 720. The highest BCUT2D eigenvalue weighted by Crippen LogP contribution is 2.18. The van der Waals surface area contributed by atoms with Crippen LogP contribution in [-0.2, 0) is 6.54 Å². The Morgan fingerprint density at radius 3 is 2.85 bits per heavy atom. The smallest absolute Gasteiger partial charge is 0.191 e. The molecule has 6 heteroatoms. The van der Waals surface area contributed by atoms with Crippen molar-refractivity contribution in [1.82, 2.24) is 20.5 Å². The number of benzene rings is 1. The predicted molar refractivity (Wildman–Crippen MR) is 124 cm³/mol. The maximum absolute atomic E-state index is 4.43.